The number of hydrogen-bond acceptors (Lipinski definition) is 7. The third-order valence-corrected chi connectivity index (χ3v) is 3.81. The van der Waals surface area contributed by atoms with Gasteiger partial charge < -0.3 is 9.84 Å². The van der Waals surface area contributed by atoms with Crippen molar-refractivity contribution in [2.45, 2.75) is 10.9 Å². The van der Waals surface area contributed by atoms with Gasteiger partial charge in [-0.05, 0) is 12.1 Å². The predicted molar refractivity (Wildman–Crippen MR) is 66.3 cm³/mol. The van der Waals surface area contributed by atoms with Crippen molar-refractivity contribution in [1.29, 1.82) is 0 Å². The van der Waals surface area contributed by atoms with Crippen LogP contribution in [-0.4, -0.2) is 44.2 Å². The number of methoxy groups -OCH3 is 1. The number of carbonyl (C=O) groups excluding carboxylic acids is 1. The summed E-state index contributed by atoms with van der Waals surface area (Å²) in [5, 5.41) is 19.4. The van der Waals surface area contributed by atoms with Crippen LogP contribution in [0.25, 0.3) is 0 Å². The van der Waals surface area contributed by atoms with Gasteiger partial charge in [-0.15, -0.1) is 0 Å². The van der Waals surface area contributed by atoms with Gasteiger partial charge in [0.15, 0.2) is 0 Å². The SMILES string of the molecule is COC(=O)C(CO)NS(=O)(=O)c1ccc([N+](=O)[O-])cc1. The maximum absolute atomic E-state index is 11.9. The minimum atomic E-state index is -4.10. The molecule has 1 aromatic rings. The van der Waals surface area contributed by atoms with Crippen molar-refractivity contribution in [3.05, 3.63) is 34.4 Å². The number of hydrogen-bond donors (Lipinski definition) is 2. The molecule has 0 saturated carbocycles. The largest absolute Gasteiger partial charge is 0.468 e. The molecule has 0 aliphatic rings. The number of non-ortho nitro benzene ring substituents is 1. The molecule has 20 heavy (non-hydrogen) atoms. The van der Waals surface area contributed by atoms with E-state index >= 15 is 0 Å². The molecule has 0 aromatic heterocycles. The summed E-state index contributed by atoms with van der Waals surface area (Å²) in [7, 11) is -3.06. The van der Waals surface area contributed by atoms with E-state index in [2.05, 4.69) is 4.74 Å². The van der Waals surface area contributed by atoms with Gasteiger partial charge >= 0.3 is 5.97 Å². The summed E-state index contributed by atoms with van der Waals surface area (Å²) >= 11 is 0. The van der Waals surface area contributed by atoms with Crippen molar-refractivity contribution in [3.8, 4) is 0 Å². The van der Waals surface area contributed by atoms with Crippen LogP contribution in [0.5, 0.6) is 0 Å². The number of nitro benzene ring substituents is 1. The van der Waals surface area contributed by atoms with E-state index in [1.165, 1.54) is 0 Å². The molecule has 9 nitrogen and oxygen atoms in total. The first kappa shape index (κ1) is 16.0. The van der Waals surface area contributed by atoms with Gasteiger partial charge in [0.05, 0.1) is 23.5 Å². The number of nitrogens with zero attached hydrogens (tertiary/aromatic N) is 1. The fourth-order valence-electron chi connectivity index (χ4n) is 1.30. The normalized spacial score (nSPS) is 12.7. The fourth-order valence-corrected chi connectivity index (χ4v) is 2.48. The number of aliphatic hydroxyl groups excluding tert-OH is 1. The average Bonchev–Trinajstić information content (AvgIpc) is 2.44. The minimum absolute atomic E-state index is 0.268. The number of esters is 1. The molecule has 0 radical (unpaired) electrons. The van der Waals surface area contributed by atoms with Gasteiger partial charge in [0.2, 0.25) is 10.0 Å². The Kier molecular flexibility index (Phi) is 5.13. The number of rotatable bonds is 6. The Morgan fingerprint density at radius 3 is 2.40 bits per heavy atom. The Hall–Kier alpha value is -2.04. The Bertz CT molecular complexity index is 597. The van der Waals surface area contributed by atoms with Crippen LogP contribution in [-0.2, 0) is 19.6 Å². The summed E-state index contributed by atoms with van der Waals surface area (Å²) in [4.78, 5) is 20.7. The van der Waals surface area contributed by atoms with Crippen molar-refractivity contribution < 1.29 is 28.0 Å². The van der Waals surface area contributed by atoms with Gasteiger partial charge in [-0.2, -0.15) is 4.72 Å². The lowest BCUT2D eigenvalue weighted by Crippen LogP contribution is -2.43. The minimum Gasteiger partial charge on any atom is -0.468 e. The van der Waals surface area contributed by atoms with Crippen molar-refractivity contribution in [2.24, 2.45) is 0 Å². The maximum Gasteiger partial charge on any atom is 0.326 e. The summed E-state index contributed by atoms with van der Waals surface area (Å²) in [5.74, 6) is -0.946. The molecule has 0 fully saturated rings. The fraction of sp³-hybridized carbons (Fsp3) is 0.300. The number of ether oxygens (including phenoxy) is 1. The summed E-state index contributed by atoms with van der Waals surface area (Å²) in [6.45, 7) is -0.779. The van der Waals surface area contributed by atoms with Gasteiger partial charge in [0, 0.05) is 12.1 Å². The van der Waals surface area contributed by atoms with Gasteiger partial charge in [-0.3, -0.25) is 14.9 Å². The average molecular weight is 304 g/mol. The standard InChI is InChI=1S/C10H12N2O7S/c1-19-10(14)9(6-13)11-20(17,18)8-4-2-7(3-5-8)12(15)16/h2-5,9,11,13H,6H2,1H3. The lowest BCUT2D eigenvalue weighted by atomic mass is 10.3. The van der Waals surface area contributed by atoms with E-state index in [9.17, 15) is 23.3 Å². The van der Waals surface area contributed by atoms with Gasteiger partial charge in [-0.1, -0.05) is 0 Å². The summed E-state index contributed by atoms with van der Waals surface area (Å²) in [6.07, 6.45) is 0. The van der Waals surface area contributed by atoms with Crippen LogP contribution in [0.2, 0.25) is 0 Å². The molecule has 1 rings (SSSR count). The van der Waals surface area contributed by atoms with Crippen LogP contribution in [0, 0.1) is 10.1 Å². The zero-order chi connectivity index (χ0) is 15.3. The van der Waals surface area contributed by atoms with Crippen molar-refractivity contribution >= 4 is 21.7 Å². The molecule has 1 unspecified atom stereocenters. The molecule has 110 valence electrons. The summed E-state index contributed by atoms with van der Waals surface area (Å²) < 4.78 is 30.1. The first-order valence-corrected chi connectivity index (χ1v) is 6.75. The van der Waals surface area contributed by atoms with Crippen LogP contribution in [0.1, 0.15) is 0 Å². The molecular weight excluding hydrogens is 292 g/mol. The smallest absolute Gasteiger partial charge is 0.326 e. The predicted octanol–water partition coefficient (Wildman–Crippen LogP) is -0.593. The second-order valence-corrected chi connectivity index (χ2v) is 5.34. The van der Waals surface area contributed by atoms with Gasteiger partial charge in [0.1, 0.15) is 6.04 Å². The monoisotopic (exact) mass is 304 g/mol. The quantitative estimate of drug-likeness (QED) is 0.407. The highest BCUT2D eigenvalue weighted by Gasteiger charge is 2.26. The van der Waals surface area contributed by atoms with Crippen LogP contribution >= 0.6 is 0 Å². The number of nitro groups is 1. The van der Waals surface area contributed by atoms with Crippen LogP contribution in [0.3, 0.4) is 0 Å². The molecule has 1 aromatic carbocycles. The Labute approximate surface area is 114 Å². The van der Waals surface area contributed by atoms with E-state index in [1.54, 1.807) is 0 Å². The number of benzene rings is 1. The van der Waals surface area contributed by atoms with Gasteiger partial charge in [-0.25, -0.2) is 8.42 Å². The topological polar surface area (TPSA) is 136 Å². The molecule has 0 heterocycles. The van der Waals surface area contributed by atoms with Crippen LogP contribution < -0.4 is 4.72 Å². The van der Waals surface area contributed by atoms with Crippen LogP contribution in [0.4, 0.5) is 5.69 Å². The van der Waals surface area contributed by atoms with Crippen molar-refractivity contribution in [1.82, 2.24) is 4.72 Å². The second-order valence-electron chi connectivity index (χ2n) is 3.63. The third kappa shape index (κ3) is 3.73. The Morgan fingerprint density at radius 1 is 1.45 bits per heavy atom. The molecule has 0 amide bonds. The van der Waals surface area contributed by atoms with Crippen molar-refractivity contribution in [3.63, 3.8) is 0 Å². The molecule has 0 spiro atoms. The van der Waals surface area contributed by atoms with E-state index in [1.807, 2.05) is 4.72 Å². The number of aliphatic hydroxyl groups is 1. The third-order valence-electron chi connectivity index (χ3n) is 2.32. The molecule has 0 bridgehead atoms. The van der Waals surface area contributed by atoms with E-state index in [-0.39, 0.29) is 10.6 Å². The van der Waals surface area contributed by atoms with Crippen LogP contribution in [0.15, 0.2) is 29.2 Å². The zero-order valence-electron chi connectivity index (χ0n) is 10.3. The summed E-state index contributed by atoms with van der Waals surface area (Å²) in [6, 6.07) is 2.62. The molecular formula is C10H12N2O7S. The highest BCUT2D eigenvalue weighted by molar-refractivity contribution is 7.89. The lowest BCUT2D eigenvalue weighted by molar-refractivity contribution is -0.384. The van der Waals surface area contributed by atoms with E-state index in [4.69, 9.17) is 5.11 Å². The molecule has 10 heteroatoms. The lowest BCUT2D eigenvalue weighted by Gasteiger charge is -2.13. The first-order valence-electron chi connectivity index (χ1n) is 5.27. The molecule has 0 saturated heterocycles. The van der Waals surface area contributed by atoms with Crippen molar-refractivity contribution in [2.75, 3.05) is 13.7 Å². The first-order chi connectivity index (χ1) is 9.31. The number of carbonyl (C=O) groups is 1. The summed E-state index contributed by atoms with van der Waals surface area (Å²) in [5.41, 5.74) is -0.268. The molecule has 1 atom stereocenters. The number of sulfonamides is 1. The highest BCUT2D eigenvalue weighted by Crippen LogP contribution is 2.16. The van der Waals surface area contributed by atoms with E-state index in [0.717, 1.165) is 31.4 Å². The second kappa shape index (κ2) is 6.41. The highest BCUT2D eigenvalue weighted by atomic mass is 32.2. The molecule has 2 N–H and O–H groups in total. The molecule has 0 aliphatic carbocycles. The Morgan fingerprint density at radius 2 is 2.00 bits per heavy atom. The maximum atomic E-state index is 11.9. The number of nitrogens with one attached hydrogen (secondary N) is 1. The Balaban J connectivity index is 2.98. The van der Waals surface area contributed by atoms with Gasteiger partial charge in [0.25, 0.3) is 5.69 Å². The van der Waals surface area contributed by atoms with E-state index < -0.39 is 33.6 Å². The zero-order valence-corrected chi connectivity index (χ0v) is 11.2. The molecule has 0 aliphatic heterocycles. The van der Waals surface area contributed by atoms with E-state index in [0.29, 0.717) is 0 Å².